The molecule has 0 fully saturated rings. The lowest BCUT2D eigenvalue weighted by Crippen LogP contribution is -2.24. The van der Waals surface area contributed by atoms with Crippen LogP contribution >= 0.6 is 0 Å². The second kappa shape index (κ2) is 8.29. The quantitative estimate of drug-likeness (QED) is 0.277. The van der Waals surface area contributed by atoms with Crippen molar-refractivity contribution in [2.75, 3.05) is 0 Å². The van der Waals surface area contributed by atoms with Crippen LogP contribution in [-0.2, 0) is 11.3 Å². The fourth-order valence-corrected chi connectivity index (χ4v) is 2.60. The van der Waals surface area contributed by atoms with Gasteiger partial charge in [0.15, 0.2) is 5.78 Å². The molecule has 0 aliphatic rings. The summed E-state index contributed by atoms with van der Waals surface area (Å²) >= 11 is 0. The molecule has 1 aromatic carbocycles. The zero-order valence-corrected chi connectivity index (χ0v) is 13.9. The number of aromatic hydroxyl groups is 1. The van der Waals surface area contributed by atoms with E-state index in [-0.39, 0.29) is 24.4 Å². The second-order valence-corrected chi connectivity index (χ2v) is 5.69. The number of ketones is 1. The van der Waals surface area contributed by atoms with Gasteiger partial charge >= 0.3 is 5.69 Å². The van der Waals surface area contributed by atoms with Gasteiger partial charge in [-0.05, 0) is 6.42 Å². The van der Waals surface area contributed by atoms with Crippen molar-refractivity contribution in [3.05, 3.63) is 52.1 Å². The van der Waals surface area contributed by atoms with Crippen LogP contribution in [0, 0.1) is 0 Å². The highest BCUT2D eigenvalue weighted by atomic mass is 16.5. The Morgan fingerprint density at radius 3 is 2.64 bits per heavy atom. The van der Waals surface area contributed by atoms with Crippen molar-refractivity contribution >= 4 is 12.2 Å². The van der Waals surface area contributed by atoms with Gasteiger partial charge in [-0.3, -0.25) is 19.4 Å². The number of amides is 1. The predicted molar refractivity (Wildman–Crippen MR) is 89.4 cm³/mol. The van der Waals surface area contributed by atoms with Crippen LogP contribution in [0.4, 0.5) is 0 Å². The standard InChI is InChI=1S/C17H21N3O5/c1-2-3-9-13(20(25)11-21)15-16(23)19(17(24)18-15)10-14(22)12-7-5-4-6-8-12/h4-8,11,13,23,25H,2-3,9-10H2,1H3,(H,18,24). The van der Waals surface area contributed by atoms with Crippen molar-refractivity contribution in [3.8, 4) is 5.88 Å². The summed E-state index contributed by atoms with van der Waals surface area (Å²) in [6.07, 6.45) is 2.04. The van der Waals surface area contributed by atoms with Gasteiger partial charge in [0.05, 0.1) is 6.54 Å². The number of nitrogens with zero attached hydrogens (tertiary/aromatic N) is 2. The van der Waals surface area contributed by atoms with Crippen molar-refractivity contribution in [3.63, 3.8) is 0 Å². The maximum atomic E-state index is 12.3. The van der Waals surface area contributed by atoms with E-state index < -0.39 is 17.6 Å². The van der Waals surface area contributed by atoms with E-state index in [1.165, 1.54) is 0 Å². The van der Waals surface area contributed by atoms with Crippen molar-refractivity contribution in [2.45, 2.75) is 38.8 Å². The summed E-state index contributed by atoms with van der Waals surface area (Å²) in [5, 5.41) is 20.5. The zero-order valence-electron chi connectivity index (χ0n) is 13.9. The SMILES string of the molecule is CCCCC(c1[nH]c(=O)n(CC(=O)c2ccccc2)c1O)N(O)C=O. The first-order chi connectivity index (χ1) is 12.0. The van der Waals surface area contributed by atoms with E-state index in [4.69, 9.17) is 0 Å². The fraction of sp³-hybridized carbons (Fsp3) is 0.353. The number of Topliss-reactive ketones (excluding diaryl/α,β-unsaturated/α-hetero) is 1. The number of hydrogen-bond acceptors (Lipinski definition) is 5. The normalized spacial score (nSPS) is 11.9. The van der Waals surface area contributed by atoms with Crippen LogP contribution < -0.4 is 5.69 Å². The minimum Gasteiger partial charge on any atom is -0.493 e. The summed E-state index contributed by atoms with van der Waals surface area (Å²) in [4.78, 5) is 37.7. The van der Waals surface area contributed by atoms with Gasteiger partial charge in [-0.15, -0.1) is 0 Å². The molecule has 1 aromatic heterocycles. The van der Waals surface area contributed by atoms with Crippen LogP contribution in [0.2, 0.25) is 0 Å². The molecule has 8 nitrogen and oxygen atoms in total. The van der Waals surface area contributed by atoms with Gasteiger partial charge in [-0.2, -0.15) is 0 Å². The average Bonchev–Trinajstić information content (AvgIpc) is 2.90. The number of H-pyrrole nitrogens is 1. The Morgan fingerprint density at radius 1 is 1.36 bits per heavy atom. The molecule has 0 aliphatic heterocycles. The Kier molecular flexibility index (Phi) is 6.13. The Labute approximate surface area is 144 Å². The summed E-state index contributed by atoms with van der Waals surface area (Å²) in [5.41, 5.74) is -0.262. The molecule has 1 atom stereocenters. The molecule has 1 unspecified atom stereocenters. The molecule has 0 bridgehead atoms. The van der Waals surface area contributed by atoms with Gasteiger partial charge in [0, 0.05) is 5.56 Å². The van der Waals surface area contributed by atoms with Gasteiger partial charge < -0.3 is 10.1 Å². The lowest BCUT2D eigenvalue weighted by molar-refractivity contribution is -0.162. The van der Waals surface area contributed by atoms with E-state index in [9.17, 15) is 24.7 Å². The van der Waals surface area contributed by atoms with E-state index >= 15 is 0 Å². The third kappa shape index (κ3) is 4.16. The molecule has 0 saturated carbocycles. The minimum absolute atomic E-state index is 0.00825. The Hall–Kier alpha value is -2.87. The van der Waals surface area contributed by atoms with Crippen molar-refractivity contribution in [1.29, 1.82) is 0 Å². The van der Waals surface area contributed by atoms with Crippen LogP contribution in [0.15, 0.2) is 35.1 Å². The topological polar surface area (TPSA) is 116 Å². The lowest BCUT2D eigenvalue weighted by Gasteiger charge is -2.21. The maximum Gasteiger partial charge on any atom is 0.329 e. The van der Waals surface area contributed by atoms with Crippen LogP contribution in [-0.4, -0.2) is 37.1 Å². The molecule has 2 aromatic rings. The van der Waals surface area contributed by atoms with E-state index in [2.05, 4.69) is 4.98 Å². The van der Waals surface area contributed by atoms with E-state index in [1.54, 1.807) is 30.3 Å². The first-order valence-corrected chi connectivity index (χ1v) is 8.02. The van der Waals surface area contributed by atoms with Crippen LogP contribution in [0.1, 0.15) is 48.3 Å². The molecule has 25 heavy (non-hydrogen) atoms. The van der Waals surface area contributed by atoms with E-state index in [0.29, 0.717) is 23.5 Å². The summed E-state index contributed by atoms with van der Waals surface area (Å²) in [6.45, 7) is 1.59. The Morgan fingerprint density at radius 2 is 2.04 bits per heavy atom. The summed E-state index contributed by atoms with van der Waals surface area (Å²) < 4.78 is 0.891. The number of unbranched alkanes of at least 4 members (excludes halogenated alkanes) is 1. The number of benzene rings is 1. The van der Waals surface area contributed by atoms with E-state index in [0.717, 1.165) is 11.0 Å². The molecule has 0 spiro atoms. The van der Waals surface area contributed by atoms with Gasteiger partial charge in [-0.25, -0.2) is 9.86 Å². The number of imidazole rings is 1. The molecular formula is C17H21N3O5. The largest absolute Gasteiger partial charge is 0.493 e. The minimum atomic E-state index is -0.891. The molecule has 3 N–H and O–H groups in total. The third-order valence-corrected chi connectivity index (χ3v) is 3.97. The lowest BCUT2D eigenvalue weighted by atomic mass is 10.1. The maximum absolute atomic E-state index is 12.3. The number of carbonyl (C=O) groups is 2. The highest BCUT2D eigenvalue weighted by Crippen LogP contribution is 2.28. The highest BCUT2D eigenvalue weighted by Gasteiger charge is 2.26. The molecule has 1 amide bonds. The zero-order chi connectivity index (χ0) is 18.4. The molecule has 0 saturated heterocycles. The van der Waals surface area contributed by atoms with Crippen LogP contribution in [0.5, 0.6) is 5.88 Å². The van der Waals surface area contributed by atoms with Crippen LogP contribution in [0.25, 0.3) is 0 Å². The van der Waals surface area contributed by atoms with Crippen molar-refractivity contribution in [2.24, 2.45) is 0 Å². The van der Waals surface area contributed by atoms with E-state index in [1.807, 2.05) is 6.92 Å². The monoisotopic (exact) mass is 347 g/mol. The molecule has 0 aliphatic carbocycles. The number of aromatic amines is 1. The van der Waals surface area contributed by atoms with Crippen molar-refractivity contribution in [1.82, 2.24) is 14.6 Å². The van der Waals surface area contributed by atoms with Crippen molar-refractivity contribution < 1.29 is 19.9 Å². The van der Waals surface area contributed by atoms with Gasteiger partial charge in [0.2, 0.25) is 12.3 Å². The Balaban J connectivity index is 2.31. The van der Waals surface area contributed by atoms with Gasteiger partial charge in [0.25, 0.3) is 0 Å². The molecular weight excluding hydrogens is 326 g/mol. The second-order valence-electron chi connectivity index (χ2n) is 5.69. The van der Waals surface area contributed by atoms with Crippen LogP contribution in [0.3, 0.4) is 0 Å². The summed E-state index contributed by atoms with van der Waals surface area (Å²) in [5.74, 6) is -0.804. The van der Waals surface area contributed by atoms with Gasteiger partial charge in [-0.1, -0.05) is 50.1 Å². The number of rotatable bonds is 9. The van der Waals surface area contributed by atoms with Gasteiger partial charge in [0.1, 0.15) is 11.7 Å². The first-order valence-electron chi connectivity index (χ1n) is 8.02. The predicted octanol–water partition coefficient (Wildman–Crippen LogP) is 1.84. The highest BCUT2D eigenvalue weighted by molar-refractivity contribution is 5.95. The summed E-state index contributed by atoms with van der Waals surface area (Å²) in [6, 6.07) is 7.51. The number of nitrogens with one attached hydrogen (secondary N) is 1. The third-order valence-electron chi connectivity index (χ3n) is 3.97. The Bertz CT molecular complexity index is 781. The number of carbonyl (C=O) groups excluding carboxylic acids is 2. The average molecular weight is 347 g/mol. The molecule has 1 heterocycles. The molecule has 0 radical (unpaired) electrons. The smallest absolute Gasteiger partial charge is 0.329 e. The number of hydrogen-bond donors (Lipinski definition) is 3. The first kappa shape index (κ1) is 18.5. The molecule has 2 rings (SSSR count). The number of hydroxylamine groups is 2. The fourth-order valence-electron chi connectivity index (χ4n) is 2.60. The molecule has 134 valence electrons. The number of aromatic nitrogens is 2. The molecule has 8 heteroatoms. The summed E-state index contributed by atoms with van der Waals surface area (Å²) in [7, 11) is 0.